The van der Waals surface area contributed by atoms with E-state index in [4.69, 9.17) is 4.74 Å². The molecule has 0 N–H and O–H groups in total. The molecule has 0 bridgehead atoms. The highest BCUT2D eigenvalue weighted by Crippen LogP contribution is 2.20. The van der Waals surface area contributed by atoms with Crippen molar-refractivity contribution in [2.45, 2.75) is 6.92 Å². The fourth-order valence-corrected chi connectivity index (χ4v) is 0.956. The number of aromatic nitrogens is 1. The summed E-state index contributed by atoms with van der Waals surface area (Å²) in [5, 5.41) is 10.4. The molecular formula is C8H8N2O4. The van der Waals surface area contributed by atoms with Crippen LogP contribution in [0, 0.1) is 10.1 Å². The van der Waals surface area contributed by atoms with Crippen molar-refractivity contribution < 1.29 is 14.5 Å². The summed E-state index contributed by atoms with van der Waals surface area (Å²) < 4.78 is 4.79. The van der Waals surface area contributed by atoms with E-state index in [-0.39, 0.29) is 22.9 Å². The smallest absolute Gasteiger partial charge is 0.288 e. The maximum atomic E-state index is 11.1. The zero-order valence-corrected chi connectivity index (χ0v) is 7.68. The van der Waals surface area contributed by atoms with Crippen LogP contribution in [0.2, 0.25) is 0 Å². The predicted molar refractivity (Wildman–Crippen MR) is 47.4 cm³/mol. The van der Waals surface area contributed by atoms with Crippen molar-refractivity contribution >= 4 is 11.5 Å². The van der Waals surface area contributed by atoms with Crippen LogP contribution in [0.5, 0.6) is 5.88 Å². The molecule has 0 saturated heterocycles. The van der Waals surface area contributed by atoms with Crippen LogP contribution in [0.1, 0.15) is 17.3 Å². The number of pyridine rings is 1. The monoisotopic (exact) mass is 196 g/mol. The molecule has 0 radical (unpaired) electrons. The number of methoxy groups -OCH3 is 1. The number of Topliss-reactive ketones (excluding diaryl/α,β-unsaturated/α-hetero) is 1. The second-order valence-corrected chi connectivity index (χ2v) is 2.56. The van der Waals surface area contributed by atoms with Crippen molar-refractivity contribution in [3.05, 3.63) is 27.9 Å². The van der Waals surface area contributed by atoms with Crippen LogP contribution in [-0.4, -0.2) is 22.8 Å². The van der Waals surface area contributed by atoms with Gasteiger partial charge < -0.3 is 4.74 Å². The van der Waals surface area contributed by atoms with Gasteiger partial charge >= 0.3 is 0 Å². The van der Waals surface area contributed by atoms with Crippen LogP contribution in [0.15, 0.2) is 12.3 Å². The third-order valence-corrected chi connectivity index (χ3v) is 1.62. The Hall–Kier alpha value is -1.98. The lowest BCUT2D eigenvalue weighted by Crippen LogP contribution is -2.01. The minimum atomic E-state index is -0.612. The van der Waals surface area contributed by atoms with Crippen molar-refractivity contribution in [3.63, 3.8) is 0 Å². The molecule has 1 rings (SSSR count). The lowest BCUT2D eigenvalue weighted by molar-refractivity contribution is -0.385. The van der Waals surface area contributed by atoms with Gasteiger partial charge in [0.25, 0.3) is 5.69 Å². The second kappa shape index (κ2) is 3.82. The summed E-state index contributed by atoms with van der Waals surface area (Å²) >= 11 is 0. The van der Waals surface area contributed by atoms with Gasteiger partial charge in [-0.1, -0.05) is 0 Å². The van der Waals surface area contributed by atoms with Gasteiger partial charge in [0.2, 0.25) is 5.88 Å². The normalized spacial score (nSPS) is 9.57. The third kappa shape index (κ3) is 1.85. The molecule has 0 aliphatic rings. The highest BCUT2D eigenvalue weighted by Gasteiger charge is 2.15. The average Bonchev–Trinajstić information content (AvgIpc) is 2.16. The van der Waals surface area contributed by atoms with E-state index in [1.807, 2.05) is 0 Å². The first-order chi connectivity index (χ1) is 6.56. The first-order valence-corrected chi connectivity index (χ1v) is 3.75. The average molecular weight is 196 g/mol. The molecule has 0 saturated carbocycles. The van der Waals surface area contributed by atoms with Gasteiger partial charge in [-0.3, -0.25) is 14.9 Å². The molecular weight excluding hydrogens is 188 g/mol. The highest BCUT2D eigenvalue weighted by atomic mass is 16.6. The van der Waals surface area contributed by atoms with E-state index < -0.39 is 4.92 Å². The first kappa shape index (κ1) is 10.1. The Bertz CT molecular complexity index is 389. The van der Waals surface area contributed by atoms with Crippen molar-refractivity contribution in [2.24, 2.45) is 0 Å². The van der Waals surface area contributed by atoms with Gasteiger partial charge in [0.1, 0.15) is 6.20 Å². The number of carbonyl (C=O) groups excluding carboxylic acids is 1. The molecule has 1 aromatic heterocycles. The van der Waals surface area contributed by atoms with Gasteiger partial charge in [-0.2, -0.15) is 0 Å². The Morgan fingerprint density at radius 3 is 2.71 bits per heavy atom. The van der Waals surface area contributed by atoms with E-state index >= 15 is 0 Å². The molecule has 6 nitrogen and oxygen atoms in total. The van der Waals surface area contributed by atoms with Crippen LogP contribution in [0.3, 0.4) is 0 Å². The van der Waals surface area contributed by atoms with Gasteiger partial charge in [0.15, 0.2) is 5.78 Å². The minimum Gasteiger partial charge on any atom is -0.480 e. The molecule has 0 amide bonds. The van der Waals surface area contributed by atoms with E-state index in [0.29, 0.717) is 0 Å². The molecule has 74 valence electrons. The SMILES string of the molecule is COc1ncc([N+](=O)[O-])cc1C(C)=O. The summed E-state index contributed by atoms with van der Waals surface area (Å²) in [5.41, 5.74) is -0.113. The summed E-state index contributed by atoms with van der Waals surface area (Å²) in [5.74, 6) is -0.221. The first-order valence-electron chi connectivity index (χ1n) is 3.75. The number of ether oxygens (including phenoxy) is 1. The molecule has 1 heterocycles. The number of hydrogen-bond acceptors (Lipinski definition) is 5. The van der Waals surface area contributed by atoms with Gasteiger partial charge in [-0.15, -0.1) is 0 Å². The quantitative estimate of drug-likeness (QED) is 0.412. The molecule has 0 atom stereocenters. The van der Waals surface area contributed by atoms with Crippen LogP contribution >= 0.6 is 0 Å². The van der Waals surface area contributed by atoms with Gasteiger partial charge in [0, 0.05) is 6.07 Å². The molecule has 0 aliphatic carbocycles. The summed E-state index contributed by atoms with van der Waals surface area (Å²) in [6.07, 6.45) is 1.05. The van der Waals surface area contributed by atoms with Gasteiger partial charge in [-0.25, -0.2) is 4.98 Å². The molecule has 1 aromatic rings. The van der Waals surface area contributed by atoms with Crippen molar-refractivity contribution in [1.29, 1.82) is 0 Å². The van der Waals surface area contributed by atoms with E-state index in [0.717, 1.165) is 12.3 Å². The molecule has 6 heteroatoms. The van der Waals surface area contributed by atoms with Crippen LogP contribution in [0.4, 0.5) is 5.69 Å². The van der Waals surface area contributed by atoms with E-state index in [1.165, 1.54) is 14.0 Å². The van der Waals surface area contributed by atoms with Crippen molar-refractivity contribution in [1.82, 2.24) is 4.98 Å². The van der Waals surface area contributed by atoms with Crippen LogP contribution in [-0.2, 0) is 0 Å². The molecule has 0 aromatic carbocycles. The van der Waals surface area contributed by atoms with Crippen molar-refractivity contribution in [2.75, 3.05) is 7.11 Å². The predicted octanol–water partition coefficient (Wildman–Crippen LogP) is 1.20. The fraction of sp³-hybridized carbons (Fsp3) is 0.250. The minimum absolute atomic E-state index is 0.100. The Morgan fingerprint density at radius 2 is 2.29 bits per heavy atom. The Morgan fingerprint density at radius 1 is 1.64 bits per heavy atom. The van der Waals surface area contributed by atoms with Crippen LogP contribution in [0.25, 0.3) is 0 Å². The molecule has 0 unspecified atom stereocenters. The van der Waals surface area contributed by atoms with Crippen molar-refractivity contribution in [3.8, 4) is 5.88 Å². The molecule has 0 spiro atoms. The number of ketones is 1. The summed E-state index contributed by atoms with van der Waals surface area (Å²) in [6.45, 7) is 1.29. The largest absolute Gasteiger partial charge is 0.480 e. The summed E-state index contributed by atoms with van der Waals surface area (Å²) in [6, 6.07) is 1.15. The second-order valence-electron chi connectivity index (χ2n) is 2.56. The number of hydrogen-bond donors (Lipinski definition) is 0. The highest BCUT2D eigenvalue weighted by molar-refractivity contribution is 5.96. The molecule has 0 fully saturated rings. The van der Waals surface area contributed by atoms with E-state index in [1.54, 1.807) is 0 Å². The third-order valence-electron chi connectivity index (χ3n) is 1.62. The van der Waals surface area contributed by atoms with Gasteiger partial charge in [0.05, 0.1) is 17.6 Å². The standard InChI is InChI=1S/C8H8N2O4/c1-5(11)7-3-6(10(12)13)4-9-8(7)14-2/h3-4H,1-2H3. The van der Waals surface area contributed by atoms with Gasteiger partial charge in [-0.05, 0) is 6.92 Å². The molecule has 0 aliphatic heterocycles. The Kier molecular flexibility index (Phi) is 2.76. The topological polar surface area (TPSA) is 82.3 Å². The number of rotatable bonds is 3. The Balaban J connectivity index is 3.27. The number of nitrogens with zero attached hydrogens (tertiary/aromatic N) is 2. The number of carbonyl (C=O) groups is 1. The summed E-state index contributed by atoms with van der Waals surface area (Å²) in [7, 11) is 1.35. The van der Waals surface area contributed by atoms with E-state index in [9.17, 15) is 14.9 Å². The van der Waals surface area contributed by atoms with E-state index in [2.05, 4.69) is 4.98 Å². The zero-order chi connectivity index (χ0) is 10.7. The lowest BCUT2D eigenvalue weighted by Gasteiger charge is -2.02. The maximum Gasteiger partial charge on any atom is 0.288 e. The lowest BCUT2D eigenvalue weighted by atomic mass is 10.2. The van der Waals surface area contributed by atoms with Crippen LogP contribution < -0.4 is 4.74 Å². The zero-order valence-electron chi connectivity index (χ0n) is 7.68. The number of nitro groups is 1. The fourth-order valence-electron chi connectivity index (χ4n) is 0.956. The Labute approximate surface area is 79.7 Å². The summed E-state index contributed by atoms with van der Waals surface area (Å²) in [4.78, 5) is 24.5. The maximum absolute atomic E-state index is 11.1. The molecule has 14 heavy (non-hydrogen) atoms.